The topological polar surface area (TPSA) is 30.9 Å². The quantitative estimate of drug-likeness (QED) is 0.249. The molecule has 0 aliphatic rings. The molecule has 4 aromatic carbocycles. The molecule has 0 unspecified atom stereocenters. The first-order valence-electron chi connectivity index (χ1n) is 9.47. The van der Waals surface area contributed by atoms with Crippen LogP contribution in [0.4, 0.5) is 18.9 Å². The van der Waals surface area contributed by atoms with Gasteiger partial charge in [-0.25, -0.2) is 0 Å². The molecule has 0 saturated heterocycles. The third kappa shape index (κ3) is 3.08. The molecule has 0 amide bonds. The van der Waals surface area contributed by atoms with Gasteiger partial charge in [0.25, 0.3) is 0 Å². The second-order valence-corrected chi connectivity index (χ2v) is 7.30. The second-order valence-electron chi connectivity index (χ2n) is 7.30. The van der Waals surface area contributed by atoms with E-state index >= 15 is 0 Å². The molecule has 0 aliphatic carbocycles. The normalized spacial score (nSPS) is 12.0. The molecule has 0 aliphatic heterocycles. The van der Waals surface area contributed by atoms with Crippen molar-refractivity contribution in [3.05, 3.63) is 96.7 Å². The van der Waals surface area contributed by atoms with Crippen molar-refractivity contribution in [1.82, 2.24) is 4.57 Å². The van der Waals surface area contributed by atoms with Crippen LogP contribution in [0.15, 0.2) is 91.1 Å². The van der Waals surface area contributed by atoms with Gasteiger partial charge in [0.1, 0.15) is 0 Å². The number of benzene rings is 4. The first-order chi connectivity index (χ1) is 14.4. The Hall–Kier alpha value is -3.73. The molecule has 2 nitrogen and oxygen atoms in total. The highest BCUT2D eigenvalue weighted by atomic mass is 19.4. The highest BCUT2D eigenvalue weighted by molar-refractivity contribution is 6.08. The van der Waals surface area contributed by atoms with E-state index in [9.17, 15) is 13.2 Å². The van der Waals surface area contributed by atoms with Crippen molar-refractivity contribution in [1.29, 1.82) is 0 Å². The molecule has 0 atom stereocenters. The van der Waals surface area contributed by atoms with Crippen molar-refractivity contribution in [2.45, 2.75) is 6.18 Å². The Morgan fingerprint density at radius 3 is 2.10 bits per heavy atom. The van der Waals surface area contributed by atoms with E-state index in [1.165, 1.54) is 6.07 Å². The van der Waals surface area contributed by atoms with Gasteiger partial charge >= 0.3 is 6.18 Å². The lowest BCUT2D eigenvalue weighted by molar-refractivity contribution is -0.137. The van der Waals surface area contributed by atoms with Crippen LogP contribution < -0.4 is 5.73 Å². The van der Waals surface area contributed by atoms with Crippen molar-refractivity contribution in [3.63, 3.8) is 0 Å². The predicted octanol–water partition coefficient (Wildman–Crippen LogP) is 7.05. The van der Waals surface area contributed by atoms with Crippen molar-refractivity contribution >= 4 is 27.2 Å². The smallest absolute Gasteiger partial charge is 0.399 e. The monoisotopic (exact) mass is 402 g/mol. The van der Waals surface area contributed by atoms with Gasteiger partial charge < -0.3 is 10.3 Å². The van der Waals surface area contributed by atoms with Crippen LogP contribution in [0.5, 0.6) is 0 Å². The molecule has 30 heavy (non-hydrogen) atoms. The number of nitrogens with two attached hydrogens (primary N) is 1. The third-order valence-electron chi connectivity index (χ3n) is 5.36. The molecule has 0 bridgehead atoms. The lowest BCUT2D eigenvalue weighted by Gasteiger charge is -2.11. The maximum Gasteiger partial charge on any atom is 0.417 e. The van der Waals surface area contributed by atoms with Gasteiger partial charge in [0.2, 0.25) is 0 Å². The van der Waals surface area contributed by atoms with Crippen LogP contribution in [0.2, 0.25) is 0 Å². The van der Waals surface area contributed by atoms with Gasteiger partial charge in [0.15, 0.2) is 0 Å². The number of hydrogen-bond donors (Lipinski definition) is 1. The van der Waals surface area contributed by atoms with Crippen LogP contribution in [0.3, 0.4) is 0 Å². The lowest BCUT2D eigenvalue weighted by Crippen LogP contribution is -2.03. The van der Waals surface area contributed by atoms with Crippen LogP contribution in [0.25, 0.3) is 38.5 Å². The average Bonchev–Trinajstić information content (AvgIpc) is 3.20. The zero-order chi connectivity index (χ0) is 20.9. The molecular formula is C25H17F3N2. The first-order valence-corrected chi connectivity index (χ1v) is 9.47. The van der Waals surface area contributed by atoms with Crippen molar-refractivity contribution < 1.29 is 13.2 Å². The standard InChI is InChI=1S/C25H17F3N2/c26-25(27,28)19-14-24(30(15-19)21-11-9-20(29)10-12-21)18-8-7-17-6-5-16-3-1-2-4-22(16)23(17)13-18/h1-15H,29H2. The minimum absolute atomic E-state index is 0.474. The summed E-state index contributed by atoms with van der Waals surface area (Å²) in [5, 5.41) is 4.20. The minimum Gasteiger partial charge on any atom is -0.399 e. The van der Waals surface area contributed by atoms with E-state index < -0.39 is 11.7 Å². The summed E-state index contributed by atoms with van der Waals surface area (Å²) >= 11 is 0. The molecule has 5 rings (SSSR count). The summed E-state index contributed by atoms with van der Waals surface area (Å²) in [7, 11) is 0. The van der Waals surface area contributed by atoms with Gasteiger partial charge in [-0.15, -0.1) is 0 Å². The number of halogens is 3. The lowest BCUT2D eigenvalue weighted by atomic mass is 9.99. The van der Waals surface area contributed by atoms with E-state index in [0.717, 1.165) is 27.7 Å². The van der Waals surface area contributed by atoms with E-state index in [0.29, 0.717) is 22.6 Å². The molecule has 148 valence electrons. The largest absolute Gasteiger partial charge is 0.417 e. The maximum absolute atomic E-state index is 13.5. The number of hydrogen-bond acceptors (Lipinski definition) is 1. The Bertz CT molecular complexity index is 1380. The fraction of sp³-hybridized carbons (Fsp3) is 0.0400. The van der Waals surface area contributed by atoms with E-state index in [1.54, 1.807) is 28.8 Å². The number of rotatable bonds is 2. The van der Waals surface area contributed by atoms with Crippen molar-refractivity contribution in [2.24, 2.45) is 0 Å². The minimum atomic E-state index is -4.43. The molecule has 0 radical (unpaired) electrons. The fourth-order valence-corrected chi connectivity index (χ4v) is 3.85. The molecule has 5 aromatic rings. The molecule has 2 N–H and O–H groups in total. The Balaban J connectivity index is 1.76. The Morgan fingerprint density at radius 1 is 0.700 bits per heavy atom. The highest BCUT2D eigenvalue weighted by Crippen LogP contribution is 2.37. The van der Waals surface area contributed by atoms with Crippen LogP contribution in [0, 0.1) is 0 Å². The number of alkyl halides is 3. The molecule has 1 aromatic heterocycles. The molecule has 0 fully saturated rings. The van der Waals surface area contributed by atoms with Gasteiger partial charge in [-0.3, -0.25) is 0 Å². The Morgan fingerprint density at radius 2 is 1.37 bits per heavy atom. The molecule has 0 saturated carbocycles. The van der Waals surface area contributed by atoms with E-state index in [1.807, 2.05) is 48.5 Å². The van der Waals surface area contributed by atoms with Gasteiger partial charge in [0, 0.05) is 17.6 Å². The van der Waals surface area contributed by atoms with Gasteiger partial charge in [-0.05, 0) is 63.5 Å². The van der Waals surface area contributed by atoms with Gasteiger partial charge in [-0.2, -0.15) is 13.2 Å². The van der Waals surface area contributed by atoms with Crippen molar-refractivity contribution in [3.8, 4) is 16.9 Å². The molecular weight excluding hydrogens is 385 g/mol. The van der Waals surface area contributed by atoms with Crippen LogP contribution in [-0.2, 0) is 6.18 Å². The maximum atomic E-state index is 13.5. The summed E-state index contributed by atoms with van der Waals surface area (Å²) in [5.74, 6) is 0. The molecule has 5 heteroatoms. The summed E-state index contributed by atoms with van der Waals surface area (Å²) in [4.78, 5) is 0. The van der Waals surface area contributed by atoms with Crippen LogP contribution >= 0.6 is 0 Å². The zero-order valence-corrected chi connectivity index (χ0v) is 15.8. The number of fused-ring (bicyclic) bond motifs is 3. The fourth-order valence-electron chi connectivity index (χ4n) is 3.85. The summed E-state index contributed by atoms with van der Waals surface area (Å²) in [6, 6.07) is 25.8. The average molecular weight is 402 g/mol. The summed E-state index contributed by atoms with van der Waals surface area (Å²) in [5.41, 5.74) is 7.43. The van der Waals surface area contributed by atoms with Crippen LogP contribution in [-0.4, -0.2) is 4.57 Å². The second kappa shape index (κ2) is 6.66. The van der Waals surface area contributed by atoms with Gasteiger partial charge in [-0.1, -0.05) is 48.5 Å². The summed E-state index contributed by atoms with van der Waals surface area (Å²) < 4.78 is 42.1. The number of nitrogen functional groups attached to an aromatic ring is 1. The Labute approximate surface area is 171 Å². The van der Waals surface area contributed by atoms with E-state index in [4.69, 9.17) is 5.73 Å². The van der Waals surface area contributed by atoms with E-state index in [-0.39, 0.29) is 0 Å². The van der Waals surface area contributed by atoms with E-state index in [2.05, 4.69) is 6.07 Å². The highest BCUT2D eigenvalue weighted by Gasteiger charge is 2.33. The number of aromatic nitrogens is 1. The summed E-state index contributed by atoms with van der Waals surface area (Å²) in [6.07, 6.45) is -3.30. The first kappa shape index (κ1) is 18.3. The Kier molecular flexibility index (Phi) is 4.07. The zero-order valence-electron chi connectivity index (χ0n) is 15.8. The molecule has 0 spiro atoms. The number of nitrogens with zero attached hydrogens (tertiary/aromatic N) is 1. The van der Waals surface area contributed by atoms with Crippen LogP contribution in [0.1, 0.15) is 5.56 Å². The summed E-state index contributed by atoms with van der Waals surface area (Å²) in [6.45, 7) is 0. The number of anilines is 1. The third-order valence-corrected chi connectivity index (χ3v) is 5.36. The SMILES string of the molecule is Nc1ccc(-n2cc(C(F)(F)F)cc2-c2ccc3ccc4ccccc4c3c2)cc1. The molecule has 1 heterocycles. The van der Waals surface area contributed by atoms with Crippen molar-refractivity contribution in [2.75, 3.05) is 5.73 Å². The van der Waals surface area contributed by atoms with Gasteiger partial charge in [0.05, 0.1) is 11.3 Å². The predicted molar refractivity (Wildman–Crippen MR) is 116 cm³/mol.